The molecular formula is C5H9NOS. The fraction of sp³-hybridized carbons (Fsp3) is 0.800. The number of Topliss-reactive ketones (excluding diaryl/α,β-unsaturated/α-hetero) is 1. The average molecular weight is 131 g/mol. The summed E-state index contributed by atoms with van der Waals surface area (Å²) >= 11 is 1.69. The molecule has 8 heavy (non-hydrogen) atoms. The van der Waals surface area contributed by atoms with Gasteiger partial charge in [0.2, 0.25) is 0 Å². The summed E-state index contributed by atoms with van der Waals surface area (Å²) < 4.78 is 0. The van der Waals surface area contributed by atoms with Gasteiger partial charge in [-0.15, -0.1) is 11.8 Å². The van der Waals surface area contributed by atoms with Crippen LogP contribution in [0.3, 0.4) is 0 Å². The predicted octanol–water partition coefficient (Wildman–Crippen LogP) is 0.238. The molecule has 0 aliphatic carbocycles. The quantitative estimate of drug-likeness (QED) is 0.552. The zero-order valence-corrected chi connectivity index (χ0v) is 5.62. The molecule has 1 atom stereocenters. The smallest absolute Gasteiger partial charge is 0.156 e. The van der Waals surface area contributed by atoms with Gasteiger partial charge in [-0.05, 0) is 6.92 Å². The van der Waals surface area contributed by atoms with Crippen molar-refractivity contribution in [1.82, 2.24) is 5.32 Å². The van der Waals surface area contributed by atoms with Gasteiger partial charge in [-0.3, -0.25) is 10.1 Å². The van der Waals surface area contributed by atoms with Crippen LogP contribution >= 0.6 is 11.8 Å². The summed E-state index contributed by atoms with van der Waals surface area (Å²) in [5, 5.41) is 3.16. The number of carbonyl (C=O) groups excluding carboxylic acids is 1. The summed E-state index contributed by atoms with van der Waals surface area (Å²) in [5.41, 5.74) is 0. The summed E-state index contributed by atoms with van der Waals surface area (Å²) in [6.07, 6.45) is 0. The van der Waals surface area contributed by atoms with Crippen molar-refractivity contribution in [2.75, 3.05) is 12.3 Å². The minimum atomic E-state index is 0.0926. The minimum Gasteiger partial charge on any atom is -0.298 e. The van der Waals surface area contributed by atoms with Gasteiger partial charge in [-0.1, -0.05) is 0 Å². The molecule has 0 saturated carbocycles. The normalized spacial score (nSPS) is 28.4. The molecule has 1 N–H and O–H groups in total. The van der Waals surface area contributed by atoms with E-state index in [1.54, 1.807) is 18.7 Å². The Morgan fingerprint density at radius 3 is 2.88 bits per heavy atom. The molecule has 3 heteroatoms. The van der Waals surface area contributed by atoms with Crippen LogP contribution in [0.4, 0.5) is 0 Å². The SMILES string of the molecule is CC(=O)[C@H]1NCCS1. The van der Waals surface area contributed by atoms with Crippen LogP contribution in [-0.2, 0) is 4.79 Å². The largest absolute Gasteiger partial charge is 0.298 e. The van der Waals surface area contributed by atoms with Crippen molar-refractivity contribution in [3.63, 3.8) is 0 Å². The molecule has 1 aliphatic heterocycles. The Morgan fingerprint density at radius 2 is 2.62 bits per heavy atom. The van der Waals surface area contributed by atoms with Gasteiger partial charge in [-0.25, -0.2) is 0 Å². The first kappa shape index (κ1) is 6.11. The van der Waals surface area contributed by atoms with Crippen LogP contribution in [0, 0.1) is 0 Å². The van der Waals surface area contributed by atoms with Gasteiger partial charge < -0.3 is 0 Å². The monoisotopic (exact) mass is 131 g/mol. The second-order valence-electron chi connectivity index (χ2n) is 1.82. The molecule has 0 unspecified atom stereocenters. The molecule has 0 amide bonds. The number of hydrogen-bond acceptors (Lipinski definition) is 3. The number of carbonyl (C=O) groups is 1. The van der Waals surface area contributed by atoms with Crippen molar-refractivity contribution < 1.29 is 4.79 Å². The van der Waals surface area contributed by atoms with Crippen LogP contribution in [0.2, 0.25) is 0 Å². The van der Waals surface area contributed by atoms with Gasteiger partial charge in [0.15, 0.2) is 5.78 Å². The lowest BCUT2D eigenvalue weighted by Gasteiger charge is -2.00. The molecule has 0 aromatic heterocycles. The first-order chi connectivity index (χ1) is 3.80. The van der Waals surface area contributed by atoms with Crippen LogP contribution in [-0.4, -0.2) is 23.5 Å². The van der Waals surface area contributed by atoms with E-state index in [1.807, 2.05) is 0 Å². The minimum absolute atomic E-state index is 0.0926. The highest BCUT2D eigenvalue weighted by Gasteiger charge is 2.17. The van der Waals surface area contributed by atoms with E-state index >= 15 is 0 Å². The summed E-state index contributed by atoms with van der Waals surface area (Å²) in [4.78, 5) is 10.6. The van der Waals surface area contributed by atoms with Gasteiger partial charge in [-0.2, -0.15) is 0 Å². The van der Waals surface area contributed by atoms with Crippen LogP contribution in [0.25, 0.3) is 0 Å². The van der Waals surface area contributed by atoms with Crippen molar-refractivity contribution in [2.24, 2.45) is 0 Å². The fourth-order valence-corrected chi connectivity index (χ4v) is 1.63. The van der Waals surface area contributed by atoms with E-state index in [2.05, 4.69) is 5.32 Å². The second kappa shape index (κ2) is 2.51. The van der Waals surface area contributed by atoms with E-state index in [0.717, 1.165) is 12.3 Å². The van der Waals surface area contributed by atoms with Crippen LogP contribution in [0.5, 0.6) is 0 Å². The number of ketones is 1. The third-order valence-electron chi connectivity index (χ3n) is 1.09. The van der Waals surface area contributed by atoms with E-state index in [0.29, 0.717) is 0 Å². The van der Waals surface area contributed by atoms with Gasteiger partial charge in [0.05, 0.1) is 0 Å². The third-order valence-corrected chi connectivity index (χ3v) is 2.36. The molecule has 0 aromatic carbocycles. The van der Waals surface area contributed by atoms with E-state index in [1.165, 1.54) is 0 Å². The zero-order valence-electron chi connectivity index (χ0n) is 4.81. The highest BCUT2D eigenvalue weighted by molar-refractivity contribution is 8.00. The lowest BCUT2D eigenvalue weighted by molar-refractivity contribution is -0.116. The molecule has 1 heterocycles. The summed E-state index contributed by atoms with van der Waals surface area (Å²) in [5.74, 6) is 1.32. The molecule has 46 valence electrons. The maximum atomic E-state index is 10.6. The van der Waals surface area contributed by atoms with E-state index in [4.69, 9.17) is 0 Å². The molecular weight excluding hydrogens is 122 g/mol. The van der Waals surface area contributed by atoms with Gasteiger partial charge in [0, 0.05) is 12.3 Å². The first-order valence-corrected chi connectivity index (χ1v) is 3.71. The molecule has 0 bridgehead atoms. The predicted molar refractivity (Wildman–Crippen MR) is 34.9 cm³/mol. The van der Waals surface area contributed by atoms with E-state index < -0.39 is 0 Å². The zero-order chi connectivity index (χ0) is 5.98. The third kappa shape index (κ3) is 1.23. The Balaban J connectivity index is 2.35. The molecule has 0 spiro atoms. The van der Waals surface area contributed by atoms with E-state index in [9.17, 15) is 4.79 Å². The molecule has 1 fully saturated rings. The Labute approximate surface area is 53.0 Å². The Kier molecular flexibility index (Phi) is 1.91. The summed E-state index contributed by atoms with van der Waals surface area (Å²) in [6.45, 7) is 2.60. The van der Waals surface area contributed by atoms with Gasteiger partial charge in [0.25, 0.3) is 0 Å². The molecule has 0 radical (unpaired) electrons. The average Bonchev–Trinajstić information content (AvgIpc) is 2.12. The number of thioether (sulfide) groups is 1. The van der Waals surface area contributed by atoms with Gasteiger partial charge >= 0.3 is 0 Å². The van der Waals surface area contributed by atoms with Crippen molar-refractivity contribution in [2.45, 2.75) is 12.3 Å². The summed E-state index contributed by atoms with van der Waals surface area (Å²) in [6, 6.07) is 0. The first-order valence-electron chi connectivity index (χ1n) is 2.66. The fourth-order valence-electron chi connectivity index (χ4n) is 0.687. The molecule has 2 nitrogen and oxygen atoms in total. The van der Waals surface area contributed by atoms with Crippen LogP contribution in [0.1, 0.15) is 6.92 Å². The Bertz CT molecular complexity index is 98.6. The Hall–Kier alpha value is -0.0200. The maximum Gasteiger partial charge on any atom is 0.156 e. The van der Waals surface area contributed by atoms with Gasteiger partial charge in [0.1, 0.15) is 5.37 Å². The lowest BCUT2D eigenvalue weighted by Crippen LogP contribution is -2.26. The van der Waals surface area contributed by atoms with Crippen LogP contribution in [0.15, 0.2) is 0 Å². The van der Waals surface area contributed by atoms with E-state index in [-0.39, 0.29) is 11.2 Å². The van der Waals surface area contributed by atoms with Crippen molar-refractivity contribution in [3.05, 3.63) is 0 Å². The second-order valence-corrected chi connectivity index (χ2v) is 3.03. The Morgan fingerprint density at radius 1 is 1.88 bits per heavy atom. The lowest BCUT2D eigenvalue weighted by atomic mass is 10.4. The topological polar surface area (TPSA) is 29.1 Å². The standard InChI is InChI=1S/C5H9NOS/c1-4(7)5-6-2-3-8-5/h5-6H,2-3H2,1H3/t5-/m0/s1. The highest BCUT2D eigenvalue weighted by Crippen LogP contribution is 2.13. The molecule has 1 rings (SSSR count). The molecule has 1 saturated heterocycles. The maximum absolute atomic E-state index is 10.6. The van der Waals surface area contributed by atoms with Crippen molar-refractivity contribution in [3.8, 4) is 0 Å². The highest BCUT2D eigenvalue weighted by atomic mass is 32.2. The summed E-state index contributed by atoms with van der Waals surface area (Å²) in [7, 11) is 0. The van der Waals surface area contributed by atoms with Crippen LogP contribution < -0.4 is 5.32 Å². The number of hydrogen-bond donors (Lipinski definition) is 1. The number of rotatable bonds is 1. The molecule has 1 aliphatic rings. The van der Waals surface area contributed by atoms with Crippen molar-refractivity contribution in [1.29, 1.82) is 0 Å². The molecule has 0 aromatic rings. The van der Waals surface area contributed by atoms with Crippen molar-refractivity contribution >= 4 is 17.5 Å². The number of nitrogens with one attached hydrogen (secondary N) is 1.